The van der Waals surface area contributed by atoms with E-state index in [-0.39, 0.29) is 22.9 Å². The van der Waals surface area contributed by atoms with Crippen molar-refractivity contribution in [3.63, 3.8) is 0 Å². The van der Waals surface area contributed by atoms with Crippen LogP contribution in [0.15, 0.2) is 78.0 Å². The second kappa shape index (κ2) is 11.1. The molecule has 1 aromatic heterocycles. The van der Waals surface area contributed by atoms with Gasteiger partial charge in [-0.25, -0.2) is 8.42 Å². The van der Waals surface area contributed by atoms with Crippen LogP contribution in [0.25, 0.3) is 0 Å². The van der Waals surface area contributed by atoms with Crippen molar-refractivity contribution in [1.29, 1.82) is 0 Å². The van der Waals surface area contributed by atoms with E-state index in [1.807, 2.05) is 30.3 Å². The predicted molar refractivity (Wildman–Crippen MR) is 123 cm³/mol. The van der Waals surface area contributed by atoms with Crippen molar-refractivity contribution >= 4 is 27.5 Å². The van der Waals surface area contributed by atoms with Crippen molar-refractivity contribution in [1.82, 2.24) is 15.0 Å². The number of carbonyl (C=O) groups excluding carboxylic acids is 1. The third kappa shape index (κ3) is 6.53. The minimum Gasteiger partial charge on any atom is -0.492 e. The fourth-order valence-corrected chi connectivity index (χ4v) is 4.55. The Morgan fingerprint density at radius 1 is 1.06 bits per heavy atom. The number of hydrogen-bond donors (Lipinski definition) is 2. The van der Waals surface area contributed by atoms with Crippen molar-refractivity contribution in [3.8, 4) is 5.75 Å². The largest absolute Gasteiger partial charge is 0.492 e. The molecule has 32 heavy (non-hydrogen) atoms. The molecule has 7 nitrogen and oxygen atoms in total. The summed E-state index contributed by atoms with van der Waals surface area (Å²) in [5.41, 5.74) is 1.68. The lowest BCUT2D eigenvalue weighted by Gasteiger charge is -2.19. The molecule has 0 aliphatic rings. The van der Waals surface area contributed by atoms with E-state index in [0.717, 1.165) is 11.1 Å². The lowest BCUT2D eigenvalue weighted by Crippen LogP contribution is -2.47. The fourth-order valence-electron chi connectivity index (χ4n) is 3.03. The van der Waals surface area contributed by atoms with Crippen LogP contribution in [0.5, 0.6) is 5.75 Å². The van der Waals surface area contributed by atoms with E-state index in [1.165, 1.54) is 18.2 Å². The number of amides is 1. The molecular weight excluding hydrogens is 450 g/mol. The summed E-state index contributed by atoms with van der Waals surface area (Å²) in [6.45, 7) is 2.46. The highest BCUT2D eigenvalue weighted by atomic mass is 35.5. The molecule has 1 heterocycles. The van der Waals surface area contributed by atoms with E-state index in [9.17, 15) is 13.2 Å². The van der Waals surface area contributed by atoms with Crippen LogP contribution in [0.1, 0.15) is 18.1 Å². The van der Waals surface area contributed by atoms with E-state index in [0.29, 0.717) is 12.4 Å². The lowest BCUT2D eigenvalue weighted by atomic mass is 10.1. The molecule has 9 heteroatoms. The van der Waals surface area contributed by atoms with Gasteiger partial charge >= 0.3 is 0 Å². The fraction of sp³-hybridized carbons (Fsp3) is 0.217. The number of ether oxygens (including phenoxy) is 1. The first-order valence-electron chi connectivity index (χ1n) is 10.0. The maximum absolute atomic E-state index is 13.0. The molecule has 0 saturated heterocycles. The van der Waals surface area contributed by atoms with Gasteiger partial charge in [0.2, 0.25) is 15.9 Å². The van der Waals surface area contributed by atoms with E-state index in [2.05, 4.69) is 15.0 Å². The SMILES string of the molecule is CCOc1ccc(S(=O)(=O)N[C@@H](Cc2ccccc2)C(=O)NCc2ccncc2)cc1Cl. The van der Waals surface area contributed by atoms with Crippen molar-refractivity contribution in [2.24, 2.45) is 0 Å². The highest BCUT2D eigenvalue weighted by molar-refractivity contribution is 7.89. The Kier molecular flexibility index (Phi) is 8.21. The Balaban J connectivity index is 1.80. The van der Waals surface area contributed by atoms with Crippen LogP contribution in [0.2, 0.25) is 5.02 Å². The maximum Gasteiger partial charge on any atom is 0.241 e. The van der Waals surface area contributed by atoms with Gasteiger partial charge in [-0.2, -0.15) is 4.72 Å². The average Bonchev–Trinajstić information content (AvgIpc) is 2.79. The summed E-state index contributed by atoms with van der Waals surface area (Å²) in [6, 6.07) is 15.9. The van der Waals surface area contributed by atoms with Gasteiger partial charge in [0, 0.05) is 18.9 Å². The molecule has 3 aromatic rings. The van der Waals surface area contributed by atoms with Gasteiger partial charge in [0.25, 0.3) is 0 Å². The number of nitrogens with one attached hydrogen (secondary N) is 2. The topological polar surface area (TPSA) is 97.4 Å². The number of nitrogens with zero attached hydrogens (tertiary/aromatic N) is 1. The molecule has 0 bridgehead atoms. The Bertz CT molecular complexity index is 1140. The number of benzene rings is 2. The number of hydrogen-bond acceptors (Lipinski definition) is 5. The quantitative estimate of drug-likeness (QED) is 0.470. The summed E-state index contributed by atoms with van der Waals surface area (Å²) in [5.74, 6) is -0.0460. The third-order valence-electron chi connectivity index (χ3n) is 4.63. The normalized spacial score (nSPS) is 12.2. The van der Waals surface area contributed by atoms with Gasteiger partial charge in [0.1, 0.15) is 11.8 Å². The second-order valence-electron chi connectivity index (χ2n) is 6.96. The van der Waals surface area contributed by atoms with Crippen molar-refractivity contribution in [3.05, 3.63) is 89.2 Å². The zero-order valence-electron chi connectivity index (χ0n) is 17.5. The average molecular weight is 474 g/mol. The third-order valence-corrected chi connectivity index (χ3v) is 6.39. The van der Waals surface area contributed by atoms with Crippen molar-refractivity contribution < 1.29 is 17.9 Å². The first-order chi connectivity index (χ1) is 15.4. The monoisotopic (exact) mass is 473 g/mol. The first kappa shape index (κ1) is 23.7. The number of pyridine rings is 1. The molecule has 0 radical (unpaired) electrons. The zero-order valence-corrected chi connectivity index (χ0v) is 19.1. The second-order valence-corrected chi connectivity index (χ2v) is 9.08. The number of halogens is 1. The van der Waals surface area contributed by atoms with Crippen LogP contribution in [0.4, 0.5) is 0 Å². The Morgan fingerprint density at radius 3 is 2.44 bits per heavy atom. The first-order valence-corrected chi connectivity index (χ1v) is 11.9. The van der Waals surface area contributed by atoms with Gasteiger partial charge in [-0.15, -0.1) is 0 Å². The zero-order chi connectivity index (χ0) is 23.0. The molecule has 0 aliphatic carbocycles. The Labute approximate surface area is 192 Å². The molecule has 2 aromatic carbocycles. The highest BCUT2D eigenvalue weighted by Crippen LogP contribution is 2.27. The molecule has 0 saturated carbocycles. The molecule has 0 fully saturated rings. The molecule has 0 spiro atoms. The van der Waals surface area contributed by atoms with E-state index in [4.69, 9.17) is 16.3 Å². The molecular formula is C23H24ClN3O4S. The number of carbonyl (C=O) groups is 1. The van der Waals surface area contributed by atoms with E-state index in [1.54, 1.807) is 31.5 Å². The molecule has 0 aliphatic heterocycles. The minimum absolute atomic E-state index is 0.0500. The van der Waals surface area contributed by atoms with Crippen LogP contribution in [0, 0.1) is 0 Å². The summed E-state index contributed by atoms with van der Waals surface area (Å²) in [7, 11) is -4.02. The van der Waals surface area contributed by atoms with Crippen molar-refractivity contribution in [2.45, 2.75) is 30.8 Å². The highest BCUT2D eigenvalue weighted by Gasteiger charge is 2.26. The number of sulfonamides is 1. The summed E-state index contributed by atoms with van der Waals surface area (Å²) in [4.78, 5) is 16.8. The van der Waals surface area contributed by atoms with E-state index >= 15 is 0 Å². The van der Waals surface area contributed by atoms with Crippen LogP contribution < -0.4 is 14.8 Å². The van der Waals surface area contributed by atoms with Gasteiger partial charge in [0.15, 0.2) is 0 Å². The van der Waals surface area contributed by atoms with Crippen LogP contribution in [-0.2, 0) is 27.8 Å². The minimum atomic E-state index is -4.02. The van der Waals surface area contributed by atoms with Gasteiger partial charge in [-0.3, -0.25) is 9.78 Å². The molecule has 1 atom stereocenters. The summed E-state index contributed by atoms with van der Waals surface area (Å²) >= 11 is 6.16. The standard InChI is InChI=1S/C23H24ClN3O4S/c1-2-31-22-9-8-19(15-20(22)24)32(29,30)27-21(14-17-6-4-3-5-7-17)23(28)26-16-18-10-12-25-13-11-18/h3-13,15,21,27H,2,14,16H2,1H3,(H,26,28)/t21-/m0/s1. The molecule has 3 rings (SSSR count). The summed E-state index contributed by atoms with van der Waals surface area (Å²) in [5, 5.41) is 2.97. The Hall–Kier alpha value is -2.94. The molecule has 168 valence electrons. The van der Waals surface area contributed by atoms with Gasteiger partial charge < -0.3 is 10.1 Å². The van der Waals surface area contributed by atoms with Gasteiger partial charge in [-0.1, -0.05) is 41.9 Å². The molecule has 0 unspecified atom stereocenters. The Morgan fingerprint density at radius 2 is 1.78 bits per heavy atom. The van der Waals surface area contributed by atoms with E-state index < -0.39 is 22.0 Å². The number of rotatable bonds is 10. The lowest BCUT2D eigenvalue weighted by molar-refractivity contribution is -0.122. The number of aromatic nitrogens is 1. The van der Waals surface area contributed by atoms with Gasteiger partial charge in [0.05, 0.1) is 16.5 Å². The predicted octanol–water partition coefficient (Wildman–Crippen LogP) is 3.34. The van der Waals surface area contributed by atoms with Gasteiger partial charge in [-0.05, 0) is 54.8 Å². The summed E-state index contributed by atoms with van der Waals surface area (Å²) < 4.78 is 34.0. The molecule has 2 N–H and O–H groups in total. The maximum atomic E-state index is 13.0. The van der Waals surface area contributed by atoms with Crippen LogP contribution in [0.3, 0.4) is 0 Å². The molecule has 1 amide bonds. The van der Waals surface area contributed by atoms with Crippen LogP contribution >= 0.6 is 11.6 Å². The van der Waals surface area contributed by atoms with Crippen LogP contribution in [-0.4, -0.2) is 32.0 Å². The smallest absolute Gasteiger partial charge is 0.241 e. The summed E-state index contributed by atoms with van der Waals surface area (Å²) in [6.07, 6.45) is 3.44. The van der Waals surface area contributed by atoms with Crippen molar-refractivity contribution in [2.75, 3.05) is 6.61 Å².